The van der Waals surface area contributed by atoms with Crippen molar-refractivity contribution in [1.29, 1.82) is 0 Å². The van der Waals surface area contributed by atoms with Crippen LogP contribution in [0, 0.1) is 13.8 Å². The summed E-state index contributed by atoms with van der Waals surface area (Å²) in [5.74, 6) is -0.202. The van der Waals surface area contributed by atoms with E-state index in [2.05, 4.69) is 15.3 Å². The van der Waals surface area contributed by atoms with Gasteiger partial charge >= 0.3 is 0 Å². The third-order valence-corrected chi connectivity index (χ3v) is 3.67. The molecule has 3 rings (SSSR count). The van der Waals surface area contributed by atoms with Crippen LogP contribution >= 0.6 is 11.6 Å². The second kappa shape index (κ2) is 5.22. The molecule has 21 heavy (non-hydrogen) atoms. The maximum Gasteiger partial charge on any atom is 0.272 e. The summed E-state index contributed by atoms with van der Waals surface area (Å²) in [4.78, 5) is 19.4. The Morgan fingerprint density at radius 2 is 1.95 bits per heavy atom. The predicted octanol–water partition coefficient (Wildman–Crippen LogP) is 4.09. The molecule has 0 atom stereocenters. The van der Waals surface area contributed by atoms with Crippen LogP contribution in [-0.4, -0.2) is 15.9 Å². The lowest BCUT2D eigenvalue weighted by Crippen LogP contribution is -2.12. The van der Waals surface area contributed by atoms with Gasteiger partial charge in [-0.1, -0.05) is 17.7 Å². The van der Waals surface area contributed by atoms with Crippen LogP contribution in [0.2, 0.25) is 5.15 Å². The second-order valence-corrected chi connectivity index (χ2v) is 5.40. The van der Waals surface area contributed by atoms with Crippen molar-refractivity contribution in [1.82, 2.24) is 9.97 Å². The molecule has 2 heterocycles. The first-order valence-corrected chi connectivity index (χ1v) is 6.94. The van der Waals surface area contributed by atoms with Gasteiger partial charge in [-0.15, -0.1) is 0 Å². The van der Waals surface area contributed by atoms with Crippen LogP contribution in [0.3, 0.4) is 0 Å². The zero-order chi connectivity index (χ0) is 15.0. The van der Waals surface area contributed by atoms with E-state index in [1.165, 1.54) is 5.56 Å². The Morgan fingerprint density at radius 1 is 1.14 bits per heavy atom. The number of aryl methyl sites for hydroxylation is 2. The van der Waals surface area contributed by atoms with E-state index in [0.717, 1.165) is 16.6 Å². The highest BCUT2D eigenvalue weighted by Gasteiger charge is 2.11. The molecule has 0 saturated heterocycles. The van der Waals surface area contributed by atoms with Crippen LogP contribution < -0.4 is 5.32 Å². The molecule has 1 aromatic carbocycles. The van der Waals surface area contributed by atoms with Crippen LogP contribution in [-0.2, 0) is 0 Å². The Morgan fingerprint density at radius 3 is 2.71 bits per heavy atom. The fourth-order valence-corrected chi connectivity index (χ4v) is 2.27. The summed E-state index contributed by atoms with van der Waals surface area (Å²) in [5, 5.41) is 4.12. The molecule has 0 saturated carbocycles. The van der Waals surface area contributed by atoms with Gasteiger partial charge in [-0.05, 0) is 55.3 Å². The monoisotopic (exact) mass is 299 g/mol. The quantitative estimate of drug-likeness (QED) is 0.700. The minimum atomic E-state index is -0.202. The van der Waals surface area contributed by atoms with Crippen LogP contribution in [0.5, 0.6) is 0 Å². The lowest BCUT2D eigenvalue weighted by Gasteiger charge is -2.06. The number of rotatable bonds is 2. The number of nitrogens with one attached hydrogen (secondary N) is 2. The van der Waals surface area contributed by atoms with E-state index in [0.29, 0.717) is 16.5 Å². The van der Waals surface area contributed by atoms with Crippen LogP contribution in [0.4, 0.5) is 5.69 Å². The molecule has 1 amide bonds. The van der Waals surface area contributed by atoms with E-state index < -0.39 is 0 Å². The zero-order valence-corrected chi connectivity index (χ0v) is 12.5. The van der Waals surface area contributed by atoms with Crippen molar-refractivity contribution in [3.05, 3.63) is 58.4 Å². The minimum absolute atomic E-state index is 0.202. The van der Waals surface area contributed by atoms with Gasteiger partial charge in [0.25, 0.3) is 5.91 Å². The number of aromatic amines is 1. The number of pyridine rings is 1. The predicted molar refractivity (Wildman–Crippen MR) is 85.0 cm³/mol. The number of aromatic nitrogens is 2. The van der Waals surface area contributed by atoms with Gasteiger partial charge < -0.3 is 10.3 Å². The molecule has 2 aromatic heterocycles. The largest absolute Gasteiger partial charge is 0.335 e. The number of benzene rings is 1. The normalized spacial score (nSPS) is 10.8. The van der Waals surface area contributed by atoms with E-state index >= 15 is 0 Å². The topological polar surface area (TPSA) is 57.8 Å². The molecule has 0 aliphatic heterocycles. The van der Waals surface area contributed by atoms with Gasteiger partial charge in [-0.25, -0.2) is 4.98 Å². The maximum atomic E-state index is 12.3. The van der Waals surface area contributed by atoms with Crippen molar-refractivity contribution in [3.8, 4) is 0 Å². The van der Waals surface area contributed by atoms with Crippen LogP contribution in [0.25, 0.3) is 11.0 Å². The molecule has 4 nitrogen and oxygen atoms in total. The first-order valence-electron chi connectivity index (χ1n) is 6.57. The maximum absolute atomic E-state index is 12.3. The fourth-order valence-electron chi connectivity index (χ4n) is 2.12. The molecule has 0 bridgehead atoms. The standard InChI is InChI=1S/C16H14ClN3O/c1-9-3-5-12(7-10(9)2)18-16(21)13-8-11-4-6-14(17)20-15(11)19-13/h3-8H,1-2H3,(H,18,21)(H,19,20). The van der Waals surface area contributed by atoms with Crippen molar-refractivity contribution < 1.29 is 4.79 Å². The van der Waals surface area contributed by atoms with Crippen molar-refractivity contribution in [2.75, 3.05) is 5.32 Å². The smallest absolute Gasteiger partial charge is 0.272 e. The molecule has 0 aliphatic carbocycles. The fraction of sp³-hybridized carbons (Fsp3) is 0.125. The summed E-state index contributed by atoms with van der Waals surface area (Å²) in [6, 6.07) is 11.1. The van der Waals surface area contributed by atoms with Gasteiger partial charge in [-0.2, -0.15) is 0 Å². The molecule has 2 N–H and O–H groups in total. The first-order chi connectivity index (χ1) is 10.0. The number of hydrogen-bond donors (Lipinski definition) is 2. The van der Waals surface area contributed by atoms with E-state index in [1.54, 1.807) is 12.1 Å². The van der Waals surface area contributed by atoms with Gasteiger partial charge in [-0.3, -0.25) is 4.79 Å². The summed E-state index contributed by atoms with van der Waals surface area (Å²) in [5.41, 5.74) is 4.16. The molecule has 3 aromatic rings. The summed E-state index contributed by atoms with van der Waals surface area (Å²) in [6.45, 7) is 4.05. The number of anilines is 1. The van der Waals surface area contributed by atoms with Crippen LogP contribution in [0.15, 0.2) is 36.4 Å². The number of halogens is 1. The summed E-state index contributed by atoms with van der Waals surface area (Å²) < 4.78 is 0. The zero-order valence-electron chi connectivity index (χ0n) is 11.7. The van der Waals surface area contributed by atoms with E-state index in [1.807, 2.05) is 38.1 Å². The molecule has 0 unspecified atom stereocenters. The first kappa shape index (κ1) is 13.6. The van der Waals surface area contributed by atoms with Gasteiger partial charge in [0.2, 0.25) is 0 Å². The number of hydrogen-bond acceptors (Lipinski definition) is 2. The van der Waals surface area contributed by atoms with E-state index in [-0.39, 0.29) is 5.91 Å². The van der Waals surface area contributed by atoms with Gasteiger partial charge in [0.1, 0.15) is 16.5 Å². The Labute approximate surface area is 127 Å². The lowest BCUT2D eigenvalue weighted by molar-refractivity contribution is 0.102. The average molecular weight is 300 g/mol. The SMILES string of the molecule is Cc1ccc(NC(=O)c2cc3ccc(Cl)nc3[nH]2)cc1C. The van der Waals surface area contributed by atoms with Gasteiger partial charge in [0.05, 0.1) is 0 Å². The van der Waals surface area contributed by atoms with Gasteiger partial charge in [0, 0.05) is 11.1 Å². The third-order valence-electron chi connectivity index (χ3n) is 3.45. The summed E-state index contributed by atoms with van der Waals surface area (Å²) >= 11 is 5.84. The van der Waals surface area contributed by atoms with E-state index in [9.17, 15) is 4.79 Å². The highest BCUT2D eigenvalue weighted by molar-refractivity contribution is 6.29. The Balaban J connectivity index is 1.87. The number of carbonyl (C=O) groups is 1. The Bertz CT molecular complexity index is 839. The van der Waals surface area contributed by atoms with Crippen molar-refractivity contribution in [3.63, 3.8) is 0 Å². The number of fused-ring (bicyclic) bond motifs is 1. The third kappa shape index (κ3) is 2.76. The van der Waals surface area contributed by atoms with E-state index in [4.69, 9.17) is 11.6 Å². The number of amides is 1. The molecule has 0 radical (unpaired) electrons. The molecule has 106 valence electrons. The van der Waals surface area contributed by atoms with Crippen molar-refractivity contribution in [2.45, 2.75) is 13.8 Å². The molecule has 0 fully saturated rings. The highest BCUT2D eigenvalue weighted by Crippen LogP contribution is 2.18. The number of carbonyl (C=O) groups excluding carboxylic acids is 1. The number of nitrogens with zero attached hydrogens (tertiary/aromatic N) is 1. The molecule has 0 spiro atoms. The van der Waals surface area contributed by atoms with Gasteiger partial charge in [0.15, 0.2) is 0 Å². The number of H-pyrrole nitrogens is 1. The average Bonchev–Trinajstić information content (AvgIpc) is 2.86. The summed E-state index contributed by atoms with van der Waals surface area (Å²) in [7, 11) is 0. The van der Waals surface area contributed by atoms with Crippen molar-refractivity contribution >= 4 is 34.2 Å². The molecular weight excluding hydrogens is 286 g/mol. The Hall–Kier alpha value is -2.33. The molecule has 0 aliphatic rings. The van der Waals surface area contributed by atoms with Crippen LogP contribution in [0.1, 0.15) is 21.6 Å². The highest BCUT2D eigenvalue weighted by atomic mass is 35.5. The molecule has 5 heteroatoms. The minimum Gasteiger partial charge on any atom is -0.335 e. The Kier molecular flexibility index (Phi) is 3.39. The van der Waals surface area contributed by atoms with Crippen molar-refractivity contribution in [2.24, 2.45) is 0 Å². The summed E-state index contributed by atoms with van der Waals surface area (Å²) in [6.07, 6.45) is 0. The lowest BCUT2D eigenvalue weighted by atomic mass is 10.1. The second-order valence-electron chi connectivity index (χ2n) is 5.01. The molecular formula is C16H14ClN3O.